The second kappa shape index (κ2) is 9.78. The van der Waals surface area contributed by atoms with E-state index in [0.717, 1.165) is 31.6 Å². The lowest BCUT2D eigenvalue weighted by atomic mass is 10.1. The average molecular weight is 294 g/mol. The molecule has 2 nitrogen and oxygen atoms in total. The minimum Gasteiger partial charge on any atom is -0.369 e. The first-order valence-electron chi connectivity index (χ1n) is 8.35. The lowest BCUT2D eigenvalue weighted by molar-refractivity contribution is 0.604. The largest absolute Gasteiger partial charge is 0.369 e. The summed E-state index contributed by atoms with van der Waals surface area (Å²) in [5, 5.41) is 3.39. The van der Waals surface area contributed by atoms with E-state index in [1.54, 1.807) is 12.1 Å². The maximum Gasteiger partial charge on any atom is 0.123 e. The quantitative estimate of drug-likeness (QED) is 0.628. The van der Waals surface area contributed by atoms with Crippen LogP contribution in [0.2, 0.25) is 0 Å². The summed E-state index contributed by atoms with van der Waals surface area (Å²) in [6.07, 6.45) is 4.75. The molecule has 0 radical (unpaired) electrons. The van der Waals surface area contributed by atoms with Crippen LogP contribution < -0.4 is 10.2 Å². The zero-order valence-electron chi connectivity index (χ0n) is 14.1. The van der Waals surface area contributed by atoms with Crippen LogP contribution in [0.1, 0.15) is 58.9 Å². The number of benzene rings is 1. The highest BCUT2D eigenvalue weighted by Gasteiger charge is 2.14. The Kier molecular flexibility index (Phi) is 8.36. The van der Waals surface area contributed by atoms with Gasteiger partial charge >= 0.3 is 0 Å². The molecule has 0 aliphatic carbocycles. The van der Waals surface area contributed by atoms with Crippen LogP contribution in [0.4, 0.5) is 10.1 Å². The van der Waals surface area contributed by atoms with Crippen LogP contribution in [-0.2, 0) is 6.54 Å². The van der Waals surface area contributed by atoms with E-state index in [0.29, 0.717) is 6.04 Å². The van der Waals surface area contributed by atoms with Gasteiger partial charge in [-0.2, -0.15) is 0 Å². The molecule has 0 saturated carbocycles. The first kappa shape index (κ1) is 18.0. The third kappa shape index (κ3) is 6.04. The Bertz CT molecular complexity index is 404. The van der Waals surface area contributed by atoms with E-state index in [1.165, 1.54) is 24.9 Å². The topological polar surface area (TPSA) is 15.3 Å². The lowest BCUT2D eigenvalue weighted by Crippen LogP contribution is -2.33. The summed E-state index contributed by atoms with van der Waals surface area (Å²) >= 11 is 0. The van der Waals surface area contributed by atoms with Crippen molar-refractivity contribution in [1.29, 1.82) is 0 Å². The molecule has 0 bridgehead atoms. The smallest absolute Gasteiger partial charge is 0.123 e. The van der Waals surface area contributed by atoms with Crippen molar-refractivity contribution in [1.82, 2.24) is 5.32 Å². The number of hydrogen-bond donors (Lipinski definition) is 1. The Balaban J connectivity index is 2.88. The number of anilines is 1. The van der Waals surface area contributed by atoms with Crippen molar-refractivity contribution in [3.05, 3.63) is 29.6 Å². The molecule has 1 aromatic carbocycles. The van der Waals surface area contributed by atoms with Gasteiger partial charge in [-0.1, -0.05) is 26.7 Å². The molecular formula is C18H31FN2. The molecule has 1 rings (SSSR count). The molecule has 0 amide bonds. The Morgan fingerprint density at radius 3 is 2.52 bits per heavy atom. The van der Waals surface area contributed by atoms with Crippen LogP contribution in [0, 0.1) is 5.82 Å². The Morgan fingerprint density at radius 1 is 1.14 bits per heavy atom. The number of rotatable bonds is 10. The van der Waals surface area contributed by atoms with Gasteiger partial charge in [0.1, 0.15) is 5.82 Å². The van der Waals surface area contributed by atoms with Gasteiger partial charge in [-0.25, -0.2) is 4.39 Å². The Hall–Kier alpha value is -1.09. The third-order valence-corrected chi connectivity index (χ3v) is 3.72. The average Bonchev–Trinajstić information content (AvgIpc) is 2.45. The first-order valence-corrected chi connectivity index (χ1v) is 8.35. The van der Waals surface area contributed by atoms with E-state index < -0.39 is 0 Å². The van der Waals surface area contributed by atoms with Gasteiger partial charge in [0.15, 0.2) is 0 Å². The fourth-order valence-corrected chi connectivity index (χ4v) is 2.56. The molecule has 0 unspecified atom stereocenters. The van der Waals surface area contributed by atoms with Crippen LogP contribution in [0.15, 0.2) is 18.2 Å². The van der Waals surface area contributed by atoms with Gasteiger partial charge in [0, 0.05) is 24.8 Å². The first-order chi connectivity index (χ1) is 10.1. The Labute approximate surface area is 129 Å². The van der Waals surface area contributed by atoms with Crippen LogP contribution in [0.25, 0.3) is 0 Å². The molecule has 1 aromatic rings. The van der Waals surface area contributed by atoms with Crippen LogP contribution in [0.5, 0.6) is 0 Å². The highest BCUT2D eigenvalue weighted by molar-refractivity contribution is 5.54. The minimum absolute atomic E-state index is 0.149. The number of halogens is 1. The molecule has 3 heteroatoms. The van der Waals surface area contributed by atoms with Gasteiger partial charge in [0.25, 0.3) is 0 Å². The van der Waals surface area contributed by atoms with Crippen LogP contribution >= 0.6 is 0 Å². The van der Waals surface area contributed by atoms with Gasteiger partial charge in [0.05, 0.1) is 0 Å². The molecule has 0 spiro atoms. The lowest BCUT2D eigenvalue weighted by Gasteiger charge is -2.31. The fourth-order valence-electron chi connectivity index (χ4n) is 2.56. The molecule has 0 aliphatic rings. The molecule has 21 heavy (non-hydrogen) atoms. The van der Waals surface area contributed by atoms with Crippen molar-refractivity contribution in [3.63, 3.8) is 0 Å². The minimum atomic E-state index is -0.149. The molecule has 0 heterocycles. The van der Waals surface area contributed by atoms with E-state index >= 15 is 0 Å². The maximum absolute atomic E-state index is 13.6. The van der Waals surface area contributed by atoms with Gasteiger partial charge < -0.3 is 10.2 Å². The summed E-state index contributed by atoms with van der Waals surface area (Å²) in [5.41, 5.74) is 2.24. The highest BCUT2D eigenvalue weighted by Crippen LogP contribution is 2.24. The summed E-state index contributed by atoms with van der Waals surface area (Å²) in [6.45, 7) is 11.5. The van der Waals surface area contributed by atoms with Crippen molar-refractivity contribution >= 4 is 5.69 Å². The van der Waals surface area contributed by atoms with Crippen molar-refractivity contribution in [2.45, 2.75) is 66.0 Å². The SMILES string of the molecule is CCCCCN(c1ccc(F)cc1CNCCC)C(C)C. The van der Waals surface area contributed by atoms with Gasteiger partial charge in [0.2, 0.25) is 0 Å². The predicted molar refractivity (Wildman–Crippen MR) is 90.4 cm³/mol. The van der Waals surface area contributed by atoms with E-state index in [-0.39, 0.29) is 5.82 Å². The van der Waals surface area contributed by atoms with Crippen molar-refractivity contribution in [2.75, 3.05) is 18.0 Å². The van der Waals surface area contributed by atoms with E-state index in [9.17, 15) is 4.39 Å². The highest BCUT2D eigenvalue weighted by atomic mass is 19.1. The summed E-state index contributed by atoms with van der Waals surface area (Å²) in [4.78, 5) is 2.40. The second-order valence-electron chi connectivity index (χ2n) is 5.94. The zero-order valence-corrected chi connectivity index (χ0v) is 14.1. The number of hydrogen-bond acceptors (Lipinski definition) is 2. The van der Waals surface area contributed by atoms with E-state index in [1.807, 2.05) is 6.07 Å². The second-order valence-corrected chi connectivity index (χ2v) is 5.94. The number of unbranched alkanes of at least 4 members (excludes halogenated alkanes) is 2. The zero-order chi connectivity index (χ0) is 15.7. The summed E-state index contributed by atoms with van der Waals surface area (Å²) in [6, 6.07) is 5.61. The summed E-state index contributed by atoms with van der Waals surface area (Å²) in [5.74, 6) is -0.149. The predicted octanol–water partition coefficient (Wildman–Crippen LogP) is 4.73. The maximum atomic E-state index is 13.6. The summed E-state index contributed by atoms with van der Waals surface area (Å²) < 4.78 is 13.6. The molecule has 0 aromatic heterocycles. The third-order valence-electron chi connectivity index (χ3n) is 3.72. The van der Waals surface area contributed by atoms with Gasteiger partial charge in [-0.15, -0.1) is 0 Å². The molecule has 0 saturated heterocycles. The van der Waals surface area contributed by atoms with Crippen molar-refractivity contribution in [2.24, 2.45) is 0 Å². The van der Waals surface area contributed by atoms with E-state index in [4.69, 9.17) is 0 Å². The summed E-state index contributed by atoms with van der Waals surface area (Å²) in [7, 11) is 0. The van der Waals surface area contributed by atoms with Gasteiger partial charge in [-0.05, 0) is 57.0 Å². The monoisotopic (exact) mass is 294 g/mol. The van der Waals surface area contributed by atoms with Gasteiger partial charge in [-0.3, -0.25) is 0 Å². The molecule has 120 valence electrons. The number of nitrogens with one attached hydrogen (secondary N) is 1. The molecule has 0 atom stereocenters. The van der Waals surface area contributed by atoms with Crippen LogP contribution in [0.3, 0.4) is 0 Å². The normalized spacial score (nSPS) is 11.1. The van der Waals surface area contributed by atoms with Crippen molar-refractivity contribution < 1.29 is 4.39 Å². The number of nitrogens with zero attached hydrogens (tertiary/aromatic N) is 1. The molecule has 0 aliphatic heterocycles. The van der Waals surface area contributed by atoms with E-state index in [2.05, 4.69) is 37.9 Å². The molecule has 0 fully saturated rings. The fraction of sp³-hybridized carbons (Fsp3) is 0.667. The van der Waals surface area contributed by atoms with Crippen LogP contribution in [-0.4, -0.2) is 19.1 Å². The van der Waals surface area contributed by atoms with Crippen molar-refractivity contribution in [3.8, 4) is 0 Å². The molecule has 1 N–H and O–H groups in total. The Morgan fingerprint density at radius 2 is 1.90 bits per heavy atom. The molecular weight excluding hydrogens is 263 g/mol. The standard InChI is InChI=1S/C18H31FN2/c1-5-7-8-12-21(15(3)4)18-10-9-17(19)13-16(18)14-20-11-6-2/h9-10,13,15,20H,5-8,11-12,14H2,1-4H3.